The van der Waals surface area contributed by atoms with Crippen LogP contribution in [-0.2, 0) is 9.63 Å². The molecule has 1 unspecified atom stereocenters. The zero-order valence-corrected chi connectivity index (χ0v) is 14.3. The Labute approximate surface area is 155 Å². The predicted octanol–water partition coefficient (Wildman–Crippen LogP) is 3.73. The summed E-state index contributed by atoms with van der Waals surface area (Å²) in [6.45, 7) is 0. The second-order valence-corrected chi connectivity index (χ2v) is 5.86. The van der Waals surface area contributed by atoms with Crippen LogP contribution in [0.5, 0.6) is 11.8 Å². The summed E-state index contributed by atoms with van der Waals surface area (Å²) in [6, 6.07) is 18.6. The van der Waals surface area contributed by atoms with Crippen LogP contribution >= 0.6 is 0 Å². The lowest BCUT2D eigenvalue weighted by Gasteiger charge is -2.08. The molecule has 1 aliphatic rings. The molecule has 0 bridgehead atoms. The van der Waals surface area contributed by atoms with E-state index in [1.807, 2.05) is 30.3 Å². The van der Waals surface area contributed by atoms with Crippen LogP contribution in [0.1, 0.15) is 18.1 Å². The smallest absolute Gasteiger partial charge is 0.321 e. The highest BCUT2D eigenvalue weighted by atomic mass is 16.6. The van der Waals surface area contributed by atoms with Crippen molar-refractivity contribution in [2.75, 3.05) is 5.32 Å². The molecule has 0 radical (unpaired) electrons. The van der Waals surface area contributed by atoms with Gasteiger partial charge in [-0.3, -0.25) is 4.79 Å². The summed E-state index contributed by atoms with van der Waals surface area (Å²) >= 11 is 0. The summed E-state index contributed by atoms with van der Waals surface area (Å²) in [6.07, 6.45) is 3.41. The van der Waals surface area contributed by atoms with Crippen LogP contribution in [0.15, 0.2) is 78.2 Å². The maximum atomic E-state index is 12.4. The molecule has 4 rings (SSSR count). The van der Waals surface area contributed by atoms with E-state index in [1.54, 1.807) is 42.7 Å². The third-order valence-electron chi connectivity index (χ3n) is 3.97. The van der Waals surface area contributed by atoms with E-state index in [4.69, 9.17) is 9.57 Å². The number of anilines is 1. The zero-order valence-electron chi connectivity index (χ0n) is 14.3. The number of hydrogen-bond acceptors (Lipinski definition) is 6. The van der Waals surface area contributed by atoms with Gasteiger partial charge in [-0.1, -0.05) is 35.5 Å². The summed E-state index contributed by atoms with van der Waals surface area (Å²) < 4.78 is 5.52. The minimum absolute atomic E-state index is 0.228. The van der Waals surface area contributed by atoms with Crippen molar-refractivity contribution in [2.45, 2.75) is 12.5 Å². The Morgan fingerprint density at radius 1 is 1.00 bits per heavy atom. The van der Waals surface area contributed by atoms with Gasteiger partial charge in [0.2, 0.25) is 0 Å². The zero-order chi connectivity index (χ0) is 18.5. The van der Waals surface area contributed by atoms with Crippen molar-refractivity contribution in [3.8, 4) is 11.8 Å². The number of benzene rings is 2. The quantitative estimate of drug-likeness (QED) is 0.749. The molecule has 1 N–H and O–H groups in total. The summed E-state index contributed by atoms with van der Waals surface area (Å²) in [5.74, 6) is 0.290. The van der Waals surface area contributed by atoms with Gasteiger partial charge in [0.1, 0.15) is 11.5 Å². The largest absolute Gasteiger partial charge is 0.424 e. The first kappa shape index (κ1) is 16.7. The minimum Gasteiger partial charge on any atom is -0.424 e. The first-order valence-corrected chi connectivity index (χ1v) is 8.42. The van der Waals surface area contributed by atoms with Crippen molar-refractivity contribution in [3.05, 3.63) is 78.6 Å². The highest BCUT2D eigenvalue weighted by Gasteiger charge is 2.27. The van der Waals surface area contributed by atoms with Gasteiger partial charge in [-0.15, -0.1) is 0 Å². The van der Waals surface area contributed by atoms with Crippen molar-refractivity contribution in [1.29, 1.82) is 0 Å². The van der Waals surface area contributed by atoms with Gasteiger partial charge in [0, 0.05) is 24.5 Å². The lowest BCUT2D eigenvalue weighted by molar-refractivity contribution is -0.110. The third-order valence-corrected chi connectivity index (χ3v) is 3.97. The lowest BCUT2D eigenvalue weighted by atomic mass is 10.0. The average Bonchev–Trinajstić information content (AvgIpc) is 3.21. The molecule has 0 aliphatic carbocycles. The number of aromatic nitrogens is 2. The second-order valence-electron chi connectivity index (χ2n) is 5.86. The number of amides is 1. The SMILES string of the molecule is O=C(Nc1ccc(Oc2ncccn2)cc1)C1=NOC(c2ccccc2)C1. The summed E-state index contributed by atoms with van der Waals surface area (Å²) in [5.41, 5.74) is 1.99. The van der Waals surface area contributed by atoms with Crippen LogP contribution in [-0.4, -0.2) is 21.6 Å². The Kier molecular flexibility index (Phi) is 4.74. The van der Waals surface area contributed by atoms with Crippen LogP contribution in [0.2, 0.25) is 0 Å². The van der Waals surface area contributed by atoms with Gasteiger partial charge >= 0.3 is 6.01 Å². The Bertz CT molecular complexity index is 944. The topological polar surface area (TPSA) is 85.7 Å². The van der Waals surface area contributed by atoms with Crippen molar-refractivity contribution in [2.24, 2.45) is 5.16 Å². The van der Waals surface area contributed by atoms with E-state index in [1.165, 1.54) is 0 Å². The monoisotopic (exact) mass is 360 g/mol. The van der Waals surface area contributed by atoms with Gasteiger partial charge in [0.05, 0.1) is 0 Å². The second kappa shape index (κ2) is 7.65. The van der Waals surface area contributed by atoms with Crippen molar-refractivity contribution >= 4 is 17.3 Å². The molecule has 0 spiro atoms. The molecule has 3 aromatic rings. The number of rotatable bonds is 5. The van der Waals surface area contributed by atoms with Gasteiger partial charge in [-0.25, -0.2) is 9.97 Å². The summed E-state index contributed by atoms with van der Waals surface area (Å²) in [7, 11) is 0. The van der Waals surface area contributed by atoms with Gasteiger partial charge < -0.3 is 14.9 Å². The standard InChI is InChI=1S/C20H16N4O3/c25-19(17-13-18(27-24-17)14-5-2-1-3-6-14)23-15-7-9-16(10-8-15)26-20-21-11-4-12-22-20/h1-12,18H,13H2,(H,23,25). The van der Waals surface area contributed by atoms with Crippen LogP contribution in [0.4, 0.5) is 5.69 Å². The number of hydrogen-bond donors (Lipinski definition) is 1. The Morgan fingerprint density at radius 2 is 1.74 bits per heavy atom. The lowest BCUT2D eigenvalue weighted by Crippen LogP contribution is -2.21. The molecule has 1 amide bonds. The fraction of sp³-hybridized carbons (Fsp3) is 0.100. The molecule has 2 aromatic carbocycles. The van der Waals surface area contributed by atoms with E-state index < -0.39 is 0 Å². The van der Waals surface area contributed by atoms with Crippen LogP contribution in [0.25, 0.3) is 0 Å². The molecule has 0 saturated carbocycles. The molecule has 0 saturated heterocycles. The fourth-order valence-corrected chi connectivity index (χ4v) is 2.61. The molecule has 7 heteroatoms. The van der Waals surface area contributed by atoms with Gasteiger partial charge in [-0.05, 0) is 35.9 Å². The Morgan fingerprint density at radius 3 is 2.48 bits per heavy atom. The Hall–Kier alpha value is -3.74. The van der Waals surface area contributed by atoms with Crippen molar-refractivity contribution in [1.82, 2.24) is 9.97 Å². The number of oxime groups is 1. The molecule has 7 nitrogen and oxygen atoms in total. The fourth-order valence-electron chi connectivity index (χ4n) is 2.61. The third kappa shape index (κ3) is 4.09. The number of carbonyl (C=O) groups excluding carboxylic acids is 1. The van der Waals surface area contributed by atoms with Gasteiger partial charge in [-0.2, -0.15) is 0 Å². The molecular formula is C20H16N4O3. The van der Waals surface area contributed by atoms with Crippen LogP contribution in [0.3, 0.4) is 0 Å². The normalized spacial score (nSPS) is 15.6. The molecule has 1 aliphatic heterocycles. The molecule has 1 atom stereocenters. The van der Waals surface area contributed by atoms with E-state index in [9.17, 15) is 4.79 Å². The van der Waals surface area contributed by atoms with E-state index in [0.717, 1.165) is 5.56 Å². The van der Waals surface area contributed by atoms with Gasteiger partial charge in [0.15, 0.2) is 6.10 Å². The van der Waals surface area contributed by atoms with E-state index >= 15 is 0 Å². The molecule has 0 fully saturated rings. The number of nitrogens with one attached hydrogen (secondary N) is 1. The molecule has 2 heterocycles. The van der Waals surface area contributed by atoms with Crippen molar-refractivity contribution in [3.63, 3.8) is 0 Å². The average molecular weight is 360 g/mol. The number of ether oxygens (including phenoxy) is 1. The van der Waals surface area contributed by atoms with E-state index in [-0.39, 0.29) is 18.0 Å². The van der Waals surface area contributed by atoms with Crippen LogP contribution < -0.4 is 10.1 Å². The maximum Gasteiger partial charge on any atom is 0.321 e. The highest BCUT2D eigenvalue weighted by molar-refractivity contribution is 6.43. The number of nitrogens with zero attached hydrogens (tertiary/aromatic N) is 3. The molecule has 27 heavy (non-hydrogen) atoms. The highest BCUT2D eigenvalue weighted by Crippen LogP contribution is 2.27. The Balaban J connectivity index is 1.34. The van der Waals surface area contributed by atoms with E-state index in [2.05, 4.69) is 20.4 Å². The predicted molar refractivity (Wildman–Crippen MR) is 99.5 cm³/mol. The van der Waals surface area contributed by atoms with Gasteiger partial charge in [0.25, 0.3) is 5.91 Å². The maximum absolute atomic E-state index is 12.4. The minimum atomic E-state index is -0.284. The summed E-state index contributed by atoms with van der Waals surface area (Å²) in [5, 5.41) is 6.74. The number of carbonyl (C=O) groups is 1. The first-order chi connectivity index (χ1) is 13.3. The first-order valence-electron chi connectivity index (χ1n) is 8.42. The molecular weight excluding hydrogens is 344 g/mol. The molecule has 134 valence electrons. The van der Waals surface area contributed by atoms with E-state index in [0.29, 0.717) is 23.6 Å². The van der Waals surface area contributed by atoms with Crippen LogP contribution in [0, 0.1) is 0 Å². The molecule has 1 aromatic heterocycles. The van der Waals surface area contributed by atoms with Crippen molar-refractivity contribution < 1.29 is 14.4 Å². The summed E-state index contributed by atoms with van der Waals surface area (Å²) in [4.78, 5) is 25.8.